The first-order valence-electron chi connectivity index (χ1n) is 13.9. The molecule has 2 fully saturated rings. The Morgan fingerprint density at radius 2 is 1.75 bits per heavy atom. The largest absolute Gasteiger partial charge is 0.416 e. The van der Waals surface area contributed by atoms with E-state index in [0.717, 1.165) is 54.3 Å². The lowest BCUT2D eigenvalue weighted by molar-refractivity contribution is -0.137. The standard InChI is InChI=1S/C32H35F3N4O/c1-23-20-28(16-18-36-23)37-27-13-8-25(9-14-27)21-39(30-17-19-38(22-30)29-4-2-3-5-29)31(40)15-10-24-6-11-26(12-7-24)32(33,34)35/h6-16,18,20,29-30H,2-5,17,19,21-22H2,1H3,(H,36,37)/b15-10+. The lowest BCUT2D eigenvalue weighted by Crippen LogP contribution is -2.42. The highest BCUT2D eigenvalue weighted by molar-refractivity contribution is 5.92. The lowest BCUT2D eigenvalue weighted by Gasteiger charge is -2.30. The summed E-state index contributed by atoms with van der Waals surface area (Å²) in [5, 5.41) is 3.38. The molecule has 3 aromatic rings. The summed E-state index contributed by atoms with van der Waals surface area (Å²) in [4.78, 5) is 22.2. The molecule has 2 aliphatic rings. The number of nitrogens with one attached hydrogen (secondary N) is 1. The maximum atomic E-state index is 13.5. The van der Waals surface area contributed by atoms with Crippen molar-refractivity contribution in [2.24, 2.45) is 0 Å². The predicted octanol–water partition coefficient (Wildman–Crippen LogP) is 7.21. The molecule has 1 saturated carbocycles. The molecule has 8 heteroatoms. The number of amides is 1. The Labute approximate surface area is 233 Å². The van der Waals surface area contributed by atoms with Gasteiger partial charge in [0.25, 0.3) is 0 Å². The lowest BCUT2D eigenvalue weighted by atomic mass is 10.1. The fraction of sp³-hybridized carbons (Fsp3) is 0.375. The van der Waals surface area contributed by atoms with Crippen molar-refractivity contribution >= 4 is 23.4 Å². The van der Waals surface area contributed by atoms with Gasteiger partial charge in [0.1, 0.15) is 0 Å². The van der Waals surface area contributed by atoms with Crippen LogP contribution in [0.2, 0.25) is 0 Å². The van der Waals surface area contributed by atoms with Crippen molar-refractivity contribution in [2.45, 2.75) is 63.8 Å². The van der Waals surface area contributed by atoms with Gasteiger partial charge in [0, 0.05) is 61.1 Å². The van der Waals surface area contributed by atoms with E-state index in [1.54, 1.807) is 12.3 Å². The third-order valence-corrected chi connectivity index (χ3v) is 7.91. The zero-order valence-corrected chi connectivity index (χ0v) is 22.7. The number of hydrogen-bond acceptors (Lipinski definition) is 4. The minimum atomic E-state index is -4.38. The van der Waals surface area contributed by atoms with Gasteiger partial charge in [0.05, 0.1) is 5.56 Å². The molecule has 1 aliphatic heterocycles. The van der Waals surface area contributed by atoms with Gasteiger partial charge in [-0.15, -0.1) is 0 Å². The second-order valence-corrected chi connectivity index (χ2v) is 10.8. The molecule has 0 bridgehead atoms. The van der Waals surface area contributed by atoms with Crippen LogP contribution in [0, 0.1) is 6.92 Å². The monoisotopic (exact) mass is 548 g/mol. The molecule has 5 rings (SSSR count). The zero-order chi connectivity index (χ0) is 28.1. The minimum absolute atomic E-state index is 0.0861. The molecule has 2 aromatic carbocycles. The highest BCUT2D eigenvalue weighted by Gasteiger charge is 2.34. The number of benzene rings is 2. The Bertz CT molecular complexity index is 1320. The van der Waals surface area contributed by atoms with E-state index in [4.69, 9.17) is 0 Å². The number of hydrogen-bond donors (Lipinski definition) is 1. The summed E-state index contributed by atoms with van der Waals surface area (Å²) in [6, 6.07) is 17.5. The maximum absolute atomic E-state index is 13.5. The summed E-state index contributed by atoms with van der Waals surface area (Å²) in [5.74, 6) is -0.132. The van der Waals surface area contributed by atoms with Crippen molar-refractivity contribution < 1.29 is 18.0 Å². The van der Waals surface area contributed by atoms with Crippen molar-refractivity contribution in [1.82, 2.24) is 14.8 Å². The van der Waals surface area contributed by atoms with Crippen LogP contribution in [0.25, 0.3) is 6.08 Å². The molecule has 1 aromatic heterocycles. The molecule has 1 saturated heterocycles. The van der Waals surface area contributed by atoms with Gasteiger partial charge in [-0.05, 0) is 79.8 Å². The Balaban J connectivity index is 1.30. The van der Waals surface area contributed by atoms with Crippen LogP contribution in [0.1, 0.15) is 54.5 Å². The van der Waals surface area contributed by atoms with E-state index in [2.05, 4.69) is 15.2 Å². The van der Waals surface area contributed by atoms with Crippen LogP contribution < -0.4 is 5.32 Å². The van der Waals surface area contributed by atoms with Crippen LogP contribution in [0.5, 0.6) is 0 Å². The summed E-state index contributed by atoms with van der Waals surface area (Å²) >= 11 is 0. The summed E-state index contributed by atoms with van der Waals surface area (Å²) in [5.41, 5.74) is 3.72. The number of alkyl halides is 3. The van der Waals surface area contributed by atoms with E-state index >= 15 is 0 Å². The van der Waals surface area contributed by atoms with Crippen LogP contribution in [0.3, 0.4) is 0 Å². The summed E-state index contributed by atoms with van der Waals surface area (Å²) in [7, 11) is 0. The Morgan fingerprint density at radius 3 is 2.42 bits per heavy atom. The molecule has 40 heavy (non-hydrogen) atoms. The molecular weight excluding hydrogens is 513 g/mol. The smallest absolute Gasteiger partial charge is 0.355 e. The molecule has 1 N–H and O–H groups in total. The van der Waals surface area contributed by atoms with Gasteiger partial charge < -0.3 is 10.2 Å². The van der Waals surface area contributed by atoms with Gasteiger partial charge >= 0.3 is 6.18 Å². The van der Waals surface area contributed by atoms with Crippen LogP contribution in [-0.4, -0.2) is 45.9 Å². The highest BCUT2D eigenvalue weighted by Crippen LogP contribution is 2.30. The molecule has 2 heterocycles. The molecule has 1 amide bonds. The Hall–Kier alpha value is -3.65. The van der Waals surface area contributed by atoms with Gasteiger partial charge in [-0.3, -0.25) is 14.7 Å². The SMILES string of the molecule is Cc1cc(Nc2ccc(CN(C(=O)/C=C/c3ccc(C(F)(F)F)cc3)C3CCN(C4CCCC4)C3)cc2)ccn1. The van der Waals surface area contributed by atoms with Gasteiger partial charge in [-0.2, -0.15) is 13.2 Å². The van der Waals surface area contributed by atoms with Gasteiger partial charge in [-0.25, -0.2) is 0 Å². The average molecular weight is 549 g/mol. The summed E-state index contributed by atoms with van der Waals surface area (Å²) in [6.45, 7) is 4.25. The normalized spacial score (nSPS) is 18.4. The number of aryl methyl sites for hydroxylation is 1. The predicted molar refractivity (Wildman–Crippen MR) is 152 cm³/mol. The molecule has 5 nitrogen and oxygen atoms in total. The average Bonchev–Trinajstić information content (AvgIpc) is 3.64. The fourth-order valence-corrected chi connectivity index (χ4v) is 5.74. The number of carbonyl (C=O) groups excluding carboxylic acids is 1. The maximum Gasteiger partial charge on any atom is 0.416 e. The number of pyridine rings is 1. The van der Waals surface area contributed by atoms with Gasteiger partial charge in [-0.1, -0.05) is 37.1 Å². The third-order valence-electron chi connectivity index (χ3n) is 7.91. The van der Waals surface area contributed by atoms with Crippen LogP contribution in [0.4, 0.5) is 24.5 Å². The molecule has 210 valence electrons. The first-order valence-corrected chi connectivity index (χ1v) is 13.9. The van der Waals surface area contributed by atoms with Crippen LogP contribution >= 0.6 is 0 Å². The zero-order valence-electron chi connectivity index (χ0n) is 22.7. The van der Waals surface area contributed by atoms with Crippen molar-refractivity contribution in [3.8, 4) is 0 Å². The van der Waals surface area contributed by atoms with E-state index in [-0.39, 0.29) is 11.9 Å². The highest BCUT2D eigenvalue weighted by atomic mass is 19.4. The van der Waals surface area contributed by atoms with Crippen LogP contribution in [-0.2, 0) is 17.5 Å². The van der Waals surface area contributed by atoms with E-state index < -0.39 is 11.7 Å². The van der Waals surface area contributed by atoms with E-state index in [9.17, 15) is 18.0 Å². The first-order chi connectivity index (χ1) is 19.2. The number of aromatic nitrogens is 1. The molecule has 1 atom stereocenters. The Kier molecular flexibility index (Phi) is 8.54. The van der Waals surface area contributed by atoms with Gasteiger partial charge in [0.2, 0.25) is 5.91 Å². The number of carbonyl (C=O) groups is 1. The quantitative estimate of drug-likeness (QED) is 0.302. The van der Waals surface area contributed by atoms with E-state index in [1.807, 2.05) is 48.2 Å². The van der Waals surface area contributed by atoms with Crippen molar-refractivity contribution in [3.05, 3.63) is 95.3 Å². The number of rotatable bonds is 8. The summed E-state index contributed by atoms with van der Waals surface area (Å²) in [6.07, 6.45) is 6.37. The van der Waals surface area contributed by atoms with E-state index in [1.165, 1.54) is 43.9 Å². The topological polar surface area (TPSA) is 48.5 Å². The molecule has 0 spiro atoms. The third kappa shape index (κ3) is 7.10. The molecule has 1 aliphatic carbocycles. The van der Waals surface area contributed by atoms with Gasteiger partial charge in [0.15, 0.2) is 0 Å². The van der Waals surface area contributed by atoms with Crippen molar-refractivity contribution in [1.29, 1.82) is 0 Å². The number of halogens is 3. The van der Waals surface area contributed by atoms with Crippen LogP contribution in [0.15, 0.2) is 72.9 Å². The fourth-order valence-electron chi connectivity index (χ4n) is 5.74. The summed E-state index contributed by atoms with van der Waals surface area (Å²) < 4.78 is 38.8. The second-order valence-electron chi connectivity index (χ2n) is 10.8. The van der Waals surface area contributed by atoms with E-state index in [0.29, 0.717) is 18.2 Å². The molecule has 0 radical (unpaired) electrons. The van der Waals surface area contributed by atoms with Crippen molar-refractivity contribution in [2.75, 3.05) is 18.4 Å². The minimum Gasteiger partial charge on any atom is -0.355 e. The Morgan fingerprint density at radius 1 is 1.02 bits per heavy atom. The molecule has 1 unspecified atom stereocenters. The number of likely N-dealkylation sites (tertiary alicyclic amines) is 1. The first kappa shape index (κ1) is 27.9. The second kappa shape index (κ2) is 12.3. The number of anilines is 2. The molecular formula is C32H35F3N4O. The van der Waals surface area contributed by atoms with Crippen molar-refractivity contribution in [3.63, 3.8) is 0 Å². The number of nitrogens with zero attached hydrogens (tertiary/aromatic N) is 3.